The van der Waals surface area contributed by atoms with Gasteiger partial charge in [0.1, 0.15) is 0 Å². The van der Waals surface area contributed by atoms with Crippen molar-refractivity contribution >= 4 is 27.7 Å². The van der Waals surface area contributed by atoms with Crippen LogP contribution < -0.4 is 0 Å². The number of alkyl halides is 4. The lowest BCUT2D eigenvalue weighted by Gasteiger charge is -2.35. The quantitative estimate of drug-likeness (QED) is 0.660. The van der Waals surface area contributed by atoms with Gasteiger partial charge in [0.15, 0.2) is 0 Å². The predicted octanol–water partition coefficient (Wildman–Crippen LogP) is 4.97. The van der Waals surface area contributed by atoms with Gasteiger partial charge in [0.05, 0.1) is 0 Å². The maximum atomic E-state index is 12.0. The smallest absolute Gasteiger partial charge is 0.160 e. The number of rotatable bonds is 4. The third-order valence-corrected chi connectivity index (χ3v) is 5.02. The van der Waals surface area contributed by atoms with Crippen molar-refractivity contribution in [3.63, 3.8) is 0 Å². The zero-order chi connectivity index (χ0) is 11.4. The van der Waals surface area contributed by atoms with Gasteiger partial charge in [0.25, 0.3) is 0 Å². The summed E-state index contributed by atoms with van der Waals surface area (Å²) in [5.74, 6) is 0.203. The van der Waals surface area contributed by atoms with E-state index in [1.165, 1.54) is 19.3 Å². The van der Waals surface area contributed by atoms with Crippen LogP contribution in [0.1, 0.15) is 38.5 Å². The molecule has 90 valence electrons. The Morgan fingerprint density at radius 1 is 1.13 bits per heavy atom. The van der Waals surface area contributed by atoms with E-state index in [4.69, 9.17) is 0 Å². The summed E-state index contributed by atoms with van der Waals surface area (Å²) in [5.41, 5.74) is -3.93. The molecular weight excluding hydrogens is 289 g/mol. The minimum absolute atomic E-state index is 0.120. The Labute approximate surface area is 102 Å². The highest BCUT2D eigenvalue weighted by Crippen LogP contribution is 2.43. The fraction of sp³-hybridized carbons (Fsp3) is 1.00. The van der Waals surface area contributed by atoms with Crippen LogP contribution in [0.3, 0.4) is 0 Å². The van der Waals surface area contributed by atoms with E-state index in [1.807, 2.05) is 0 Å². The molecule has 0 atom stereocenters. The molecule has 15 heavy (non-hydrogen) atoms. The van der Waals surface area contributed by atoms with E-state index in [2.05, 4.69) is 15.9 Å². The maximum absolute atomic E-state index is 12.0. The number of hydrogen-bond acceptors (Lipinski definition) is 1. The Balaban J connectivity index is 2.33. The highest BCUT2D eigenvalue weighted by molar-refractivity contribution is 9.09. The van der Waals surface area contributed by atoms with Gasteiger partial charge in [-0.2, -0.15) is 13.2 Å². The topological polar surface area (TPSA) is 0 Å². The molecule has 0 spiro atoms. The van der Waals surface area contributed by atoms with Crippen molar-refractivity contribution in [2.75, 3.05) is 11.1 Å². The molecule has 0 aromatic carbocycles. The van der Waals surface area contributed by atoms with Gasteiger partial charge in [-0.3, -0.25) is 0 Å². The summed E-state index contributed by atoms with van der Waals surface area (Å²) >= 11 is 3.58. The normalized spacial score (nSPS) is 21.6. The molecule has 0 amide bonds. The van der Waals surface area contributed by atoms with Crippen molar-refractivity contribution in [3.05, 3.63) is 0 Å². The van der Waals surface area contributed by atoms with Gasteiger partial charge in [-0.15, -0.1) is 0 Å². The Morgan fingerprint density at radius 3 is 2.20 bits per heavy atom. The molecule has 5 heteroatoms. The van der Waals surface area contributed by atoms with Crippen molar-refractivity contribution in [3.8, 4) is 0 Å². The number of thioether (sulfide) groups is 1. The molecule has 1 fully saturated rings. The second-order valence-corrected chi connectivity index (χ2v) is 5.96. The standard InChI is InChI=1S/C10H16BrF3S/c11-8-9(4-2-1-3-5-9)6-7-15-10(12,13)14/h1-8H2. The largest absolute Gasteiger partial charge is 0.441 e. The van der Waals surface area contributed by atoms with Crippen molar-refractivity contribution in [2.45, 2.75) is 44.0 Å². The van der Waals surface area contributed by atoms with Crippen molar-refractivity contribution in [1.29, 1.82) is 0 Å². The second kappa shape index (κ2) is 5.80. The SMILES string of the molecule is FC(F)(F)SCCC1(CBr)CCCCC1. The molecule has 0 aliphatic heterocycles. The van der Waals surface area contributed by atoms with Crippen LogP contribution in [-0.4, -0.2) is 16.6 Å². The predicted molar refractivity (Wildman–Crippen MR) is 62.4 cm³/mol. The van der Waals surface area contributed by atoms with Crippen molar-refractivity contribution < 1.29 is 13.2 Å². The Bertz CT molecular complexity index is 188. The Hall–Kier alpha value is 0.620. The molecule has 0 heterocycles. The molecule has 1 aliphatic rings. The molecule has 0 unspecified atom stereocenters. The van der Waals surface area contributed by atoms with E-state index < -0.39 is 5.51 Å². The summed E-state index contributed by atoms with van der Waals surface area (Å²) in [6.45, 7) is 0. The van der Waals surface area contributed by atoms with E-state index in [0.29, 0.717) is 6.42 Å². The third kappa shape index (κ3) is 4.98. The van der Waals surface area contributed by atoms with Crippen LogP contribution in [0.4, 0.5) is 13.2 Å². The molecule has 0 nitrogen and oxygen atoms in total. The van der Waals surface area contributed by atoms with Gasteiger partial charge in [-0.25, -0.2) is 0 Å². The first-order valence-electron chi connectivity index (χ1n) is 5.24. The summed E-state index contributed by atoms with van der Waals surface area (Å²) in [4.78, 5) is 0. The number of halogens is 4. The van der Waals surface area contributed by atoms with Gasteiger partial charge < -0.3 is 0 Å². The molecule has 1 rings (SSSR count). The fourth-order valence-electron chi connectivity index (χ4n) is 2.14. The first kappa shape index (κ1) is 13.7. The van der Waals surface area contributed by atoms with Crippen LogP contribution in [0.25, 0.3) is 0 Å². The van der Waals surface area contributed by atoms with Gasteiger partial charge in [-0.1, -0.05) is 47.0 Å². The van der Waals surface area contributed by atoms with Crippen LogP contribution in [0.2, 0.25) is 0 Å². The zero-order valence-electron chi connectivity index (χ0n) is 8.58. The molecule has 1 saturated carbocycles. The Morgan fingerprint density at radius 2 is 1.73 bits per heavy atom. The molecule has 1 aliphatic carbocycles. The summed E-state index contributed by atoms with van der Waals surface area (Å²) < 4.78 is 36.0. The molecule has 0 aromatic rings. The van der Waals surface area contributed by atoms with Gasteiger partial charge in [0.2, 0.25) is 0 Å². The van der Waals surface area contributed by atoms with E-state index in [9.17, 15) is 13.2 Å². The molecular formula is C10H16BrF3S. The van der Waals surface area contributed by atoms with Crippen molar-refractivity contribution in [1.82, 2.24) is 0 Å². The lowest BCUT2D eigenvalue weighted by atomic mass is 9.74. The Kier molecular flexibility index (Phi) is 5.29. The van der Waals surface area contributed by atoms with Gasteiger partial charge in [0, 0.05) is 11.1 Å². The lowest BCUT2D eigenvalue weighted by Crippen LogP contribution is -2.27. The van der Waals surface area contributed by atoms with E-state index in [0.717, 1.165) is 18.2 Å². The van der Waals surface area contributed by atoms with E-state index in [1.54, 1.807) is 0 Å². The molecule has 0 aromatic heterocycles. The van der Waals surface area contributed by atoms with Crippen LogP contribution in [0.5, 0.6) is 0 Å². The second-order valence-electron chi connectivity index (χ2n) is 4.24. The van der Waals surface area contributed by atoms with Crippen LogP contribution in [-0.2, 0) is 0 Å². The average Bonchev–Trinajstić information content (AvgIpc) is 2.17. The third-order valence-electron chi connectivity index (χ3n) is 3.10. The average molecular weight is 305 g/mol. The van der Waals surface area contributed by atoms with Crippen molar-refractivity contribution in [2.24, 2.45) is 5.41 Å². The highest BCUT2D eigenvalue weighted by atomic mass is 79.9. The van der Waals surface area contributed by atoms with Gasteiger partial charge >= 0.3 is 5.51 Å². The molecule has 0 N–H and O–H groups in total. The van der Waals surface area contributed by atoms with Crippen LogP contribution >= 0.6 is 27.7 Å². The van der Waals surface area contributed by atoms with E-state index in [-0.39, 0.29) is 22.9 Å². The minimum atomic E-state index is -4.07. The summed E-state index contributed by atoms with van der Waals surface area (Å²) in [6.07, 6.45) is 6.42. The molecule has 0 bridgehead atoms. The highest BCUT2D eigenvalue weighted by Gasteiger charge is 2.33. The fourth-order valence-corrected chi connectivity index (χ4v) is 3.74. The summed E-state index contributed by atoms with van der Waals surface area (Å²) in [5, 5.41) is 0.846. The van der Waals surface area contributed by atoms with E-state index >= 15 is 0 Å². The molecule has 0 radical (unpaired) electrons. The lowest BCUT2D eigenvalue weighted by molar-refractivity contribution is -0.0329. The van der Waals surface area contributed by atoms with Crippen LogP contribution in [0, 0.1) is 5.41 Å². The first-order valence-corrected chi connectivity index (χ1v) is 7.35. The summed E-state index contributed by atoms with van der Waals surface area (Å²) in [7, 11) is 0. The monoisotopic (exact) mass is 304 g/mol. The zero-order valence-corrected chi connectivity index (χ0v) is 11.0. The number of hydrogen-bond donors (Lipinski definition) is 0. The maximum Gasteiger partial charge on any atom is 0.441 e. The first-order chi connectivity index (χ1) is 6.97. The minimum Gasteiger partial charge on any atom is -0.160 e. The van der Waals surface area contributed by atoms with Crippen LogP contribution in [0.15, 0.2) is 0 Å². The molecule has 0 saturated heterocycles. The van der Waals surface area contributed by atoms with Gasteiger partial charge in [-0.05, 0) is 24.7 Å². The summed E-state index contributed by atoms with van der Waals surface area (Å²) in [6, 6.07) is 0.